The number of imidazole rings is 1. The van der Waals surface area contributed by atoms with Crippen LogP contribution in [0.1, 0.15) is 26.8 Å². The van der Waals surface area contributed by atoms with E-state index in [2.05, 4.69) is 20.4 Å². The van der Waals surface area contributed by atoms with Crippen molar-refractivity contribution in [2.45, 2.75) is 25.4 Å². The number of fused-ring (bicyclic) bond motifs is 1. The standard InChI is InChI=1S/C14H15N5OS2/c1-8-11(19-14(17-8)22-9(2)18-19)7-16-12(20)10-5-4-6-15-13(10)21-3/h4-6H,7H2,1-3H3,(H,16,20). The molecule has 6 nitrogen and oxygen atoms in total. The van der Waals surface area contributed by atoms with Gasteiger partial charge >= 0.3 is 0 Å². The van der Waals surface area contributed by atoms with Crippen LogP contribution in [-0.2, 0) is 6.54 Å². The van der Waals surface area contributed by atoms with E-state index in [0.717, 1.165) is 26.4 Å². The average molecular weight is 333 g/mol. The molecule has 0 aliphatic heterocycles. The fraction of sp³-hybridized carbons (Fsp3) is 0.286. The highest BCUT2D eigenvalue weighted by molar-refractivity contribution is 7.98. The van der Waals surface area contributed by atoms with Crippen LogP contribution in [0, 0.1) is 13.8 Å². The van der Waals surface area contributed by atoms with Crippen molar-refractivity contribution in [1.29, 1.82) is 0 Å². The lowest BCUT2D eigenvalue weighted by molar-refractivity contribution is 0.0946. The molecule has 0 radical (unpaired) electrons. The van der Waals surface area contributed by atoms with Gasteiger partial charge in [0.1, 0.15) is 10.0 Å². The van der Waals surface area contributed by atoms with E-state index in [1.807, 2.05) is 20.1 Å². The first-order valence-electron chi connectivity index (χ1n) is 6.69. The summed E-state index contributed by atoms with van der Waals surface area (Å²) in [7, 11) is 0. The van der Waals surface area contributed by atoms with E-state index in [4.69, 9.17) is 0 Å². The Morgan fingerprint density at radius 1 is 1.45 bits per heavy atom. The number of nitrogens with zero attached hydrogens (tertiary/aromatic N) is 4. The molecule has 0 aliphatic carbocycles. The van der Waals surface area contributed by atoms with E-state index in [0.29, 0.717) is 12.1 Å². The average Bonchev–Trinajstić information content (AvgIpc) is 3.00. The Kier molecular flexibility index (Phi) is 4.12. The highest BCUT2D eigenvalue weighted by Gasteiger charge is 2.15. The molecule has 0 saturated heterocycles. The van der Waals surface area contributed by atoms with E-state index in [1.165, 1.54) is 23.1 Å². The first-order chi connectivity index (χ1) is 10.6. The molecule has 0 aliphatic rings. The van der Waals surface area contributed by atoms with Crippen LogP contribution >= 0.6 is 23.1 Å². The first-order valence-corrected chi connectivity index (χ1v) is 8.73. The van der Waals surface area contributed by atoms with Gasteiger partial charge in [0.05, 0.1) is 23.5 Å². The van der Waals surface area contributed by atoms with Crippen molar-refractivity contribution < 1.29 is 4.79 Å². The van der Waals surface area contributed by atoms with Crippen LogP contribution in [0.25, 0.3) is 4.96 Å². The summed E-state index contributed by atoms with van der Waals surface area (Å²) in [5.74, 6) is -0.140. The molecule has 0 bridgehead atoms. The van der Waals surface area contributed by atoms with Crippen molar-refractivity contribution in [2.75, 3.05) is 6.26 Å². The normalized spacial score (nSPS) is 11.0. The Hall–Kier alpha value is -1.93. The molecule has 1 N–H and O–H groups in total. The summed E-state index contributed by atoms with van der Waals surface area (Å²) in [6.45, 7) is 4.25. The molecule has 3 aromatic rings. The number of thioether (sulfide) groups is 1. The minimum Gasteiger partial charge on any atom is -0.346 e. The first kappa shape index (κ1) is 15.0. The van der Waals surface area contributed by atoms with Crippen molar-refractivity contribution in [3.63, 3.8) is 0 Å². The van der Waals surface area contributed by atoms with Gasteiger partial charge in [0.2, 0.25) is 4.96 Å². The van der Waals surface area contributed by atoms with Gasteiger partial charge in [0.25, 0.3) is 5.91 Å². The molecule has 22 heavy (non-hydrogen) atoms. The highest BCUT2D eigenvalue weighted by atomic mass is 32.2. The fourth-order valence-electron chi connectivity index (χ4n) is 2.17. The number of aryl methyl sites for hydroxylation is 2. The van der Waals surface area contributed by atoms with Gasteiger partial charge in [-0.3, -0.25) is 4.79 Å². The zero-order chi connectivity index (χ0) is 15.7. The molecule has 0 unspecified atom stereocenters. The number of carbonyl (C=O) groups is 1. The molecular formula is C14H15N5OS2. The van der Waals surface area contributed by atoms with Crippen molar-refractivity contribution in [3.05, 3.63) is 40.3 Å². The van der Waals surface area contributed by atoms with Gasteiger partial charge in [-0.05, 0) is 32.2 Å². The number of hydrogen-bond acceptors (Lipinski definition) is 6. The van der Waals surface area contributed by atoms with Gasteiger partial charge in [-0.25, -0.2) is 14.5 Å². The summed E-state index contributed by atoms with van der Waals surface area (Å²) in [6, 6.07) is 3.54. The second kappa shape index (κ2) is 6.05. The molecule has 3 rings (SSSR count). The maximum atomic E-state index is 12.4. The van der Waals surface area contributed by atoms with E-state index in [1.54, 1.807) is 22.8 Å². The second-order valence-corrected chi connectivity index (χ2v) is 6.66. The van der Waals surface area contributed by atoms with Gasteiger partial charge in [0.15, 0.2) is 0 Å². The van der Waals surface area contributed by atoms with Gasteiger partial charge in [-0.15, -0.1) is 11.8 Å². The lowest BCUT2D eigenvalue weighted by Gasteiger charge is -2.07. The zero-order valence-electron chi connectivity index (χ0n) is 12.5. The summed E-state index contributed by atoms with van der Waals surface area (Å²) in [4.78, 5) is 21.9. The third-order valence-corrected chi connectivity index (χ3v) is 4.76. The minimum absolute atomic E-state index is 0.140. The Bertz CT molecular complexity index is 839. The van der Waals surface area contributed by atoms with Crippen LogP contribution in [-0.4, -0.2) is 31.7 Å². The molecule has 8 heteroatoms. The third kappa shape index (κ3) is 2.71. The number of rotatable bonds is 4. The number of amides is 1. The molecule has 0 saturated carbocycles. The molecule has 3 heterocycles. The van der Waals surface area contributed by atoms with Gasteiger partial charge in [-0.2, -0.15) is 5.10 Å². The monoisotopic (exact) mass is 333 g/mol. The van der Waals surface area contributed by atoms with Crippen LogP contribution in [0.3, 0.4) is 0 Å². The summed E-state index contributed by atoms with van der Waals surface area (Å²) in [5, 5.41) is 9.03. The van der Waals surface area contributed by atoms with E-state index in [9.17, 15) is 4.79 Å². The number of aromatic nitrogens is 4. The fourth-order valence-corrected chi connectivity index (χ4v) is 3.53. The van der Waals surface area contributed by atoms with E-state index in [-0.39, 0.29) is 5.91 Å². The highest BCUT2D eigenvalue weighted by Crippen LogP contribution is 2.19. The van der Waals surface area contributed by atoms with Gasteiger partial charge in [0, 0.05) is 6.20 Å². The van der Waals surface area contributed by atoms with Crippen molar-refractivity contribution in [2.24, 2.45) is 0 Å². The van der Waals surface area contributed by atoms with Crippen LogP contribution < -0.4 is 5.32 Å². The molecule has 0 atom stereocenters. The Morgan fingerprint density at radius 3 is 3.05 bits per heavy atom. The zero-order valence-corrected chi connectivity index (χ0v) is 14.1. The van der Waals surface area contributed by atoms with E-state index >= 15 is 0 Å². The Morgan fingerprint density at radius 2 is 2.27 bits per heavy atom. The van der Waals surface area contributed by atoms with Crippen LogP contribution in [0.4, 0.5) is 0 Å². The molecule has 114 valence electrons. The number of pyridine rings is 1. The third-order valence-electron chi connectivity index (χ3n) is 3.22. The topological polar surface area (TPSA) is 72.2 Å². The molecular weight excluding hydrogens is 318 g/mol. The minimum atomic E-state index is -0.140. The van der Waals surface area contributed by atoms with Crippen LogP contribution in [0.15, 0.2) is 23.4 Å². The quantitative estimate of drug-likeness (QED) is 0.743. The molecule has 3 aromatic heterocycles. The Labute approximate surface area is 136 Å². The SMILES string of the molecule is CSc1ncccc1C(=O)NCc1c(C)nc2sc(C)nn12. The maximum Gasteiger partial charge on any atom is 0.254 e. The van der Waals surface area contributed by atoms with Gasteiger partial charge in [-0.1, -0.05) is 11.3 Å². The lowest BCUT2D eigenvalue weighted by Crippen LogP contribution is -2.24. The molecule has 0 spiro atoms. The van der Waals surface area contributed by atoms with Gasteiger partial charge < -0.3 is 5.32 Å². The molecule has 0 fully saturated rings. The predicted octanol–water partition coefficient (Wildman–Crippen LogP) is 2.45. The summed E-state index contributed by atoms with van der Waals surface area (Å²) in [6.07, 6.45) is 3.59. The van der Waals surface area contributed by atoms with Crippen LogP contribution in [0.5, 0.6) is 0 Å². The summed E-state index contributed by atoms with van der Waals surface area (Å²) in [5.41, 5.74) is 2.38. The smallest absolute Gasteiger partial charge is 0.254 e. The van der Waals surface area contributed by atoms with Crippen LogP contribution in [0.2, 0.25) is 0 Å². The molecule has 1 amide bonds. The van der Waals surface area contributed by atoms with Crippen molar-refractivity contribution >= 4 is 34.0 Å². The van der Waals surface area contributed by atoms with Crippen molar-refractivity contribution in [1.82, 2.24) is 24.9 Å². The Balaban J connectivity index is 1.81. The number of nitrogens with one attached hydrogen (secondary N) is 1. The molecule has 0 aromatic carbocycles. The lowest BCUT2D eigenvalue weighted by atomic mass is 10.2. The number of carbonyl (C=O) groups excluding carboxylic acids is 1. The summed E-state index contributed by atoms with van der Waals surface area (Å²) >= 11 is 2.99. The van der Waals surface area contributed by atoms with Crippen molar-refractivity contribution in [3.8, 4) is 0 Å². The second-order valence-electron chi connectivity index (χ2n) is 4.70. The van der Waals surface area contributed by atoms with E-state index < -0.39 is 0 Å². The largest absolute Gasteiger partial charge is 0.346 e. The predicted molar refractivity (Wildman–Crippen MR) is 87.5 cm³/mol. The summed E-state index contributed by atoms with van der Waals surface area (Å²) < 4.78 is 1.80. The maximum absolute atomic E-state index is 12.4. The number of hydrogen-bond donors (Lipinski definition) is 1.